The van der Waals surface area contributed by atoms with Crippen molar-refractivity contribution in [1.29, 1.82) is 0 Å². The van der Waals surface area contributed by atoms with Gasteiger partial charge in [-0.3, -0.25) is 0 Å². The molecule has 2 nitrogen and oxygen atoms in total. The molecule has 0 spiro atoms. The fraction of sp³-hybridized carbons (Fsp3) is 0.400. The number of rotatable bonds is 3. The van der Waals surface area contributed by atoms with E-state index in [1.807, 2.05) is 0 Å². The molecule has 1 aromatic carbocycles. The van der Waals surface area contributed by atoms with Crippen LogP contribution in [0.1, 0.15) is 24.9 Å². The first kappa shape index (κ1) is 11.1. The Balaban J connectivity index is 3.05. The third kappa shape index (κ3) is 2.08. The molecule has 0 bridgehead atoms. The van der Waals surface area contributed by atoms with Crippen LogP contribution in [0.25, 0.3) is 0 Å². The molecule has 0 aliphatic rings. The first-order valence-electron chi connectivity index (χ1n) is 4.45. The second-order valence-electron chi connectivity index (χ2n) is 3.14. The van der Waals surface area contributed by atoms with Gasteiger partial charge in [0.05, 0.1) is 12.1 Å². The third-order valence-corrected chi connectivity index (χ3v) is 2.17. The lowest BCUT2D eigenvalue weighted by Gasteiger charge is -2.18. The Labute approximate surface area is 81.4 Å². The Kier molecular flexibility index (Phi) is 3.55. The van der Waals surface area contributed by atoms with E-state index in [1.165, 1.54) is 6.07 Å². The van der Waals surface area contributed by atoms with Crippen LogP contribution in [0.3, 0.4) is 0 Å². The SMILES string of the molecule is CC[C@@H](O)[C@@H](N)c1c(F)cccc1F. The van der Waals surface area contributed by atoms with E-state index in [2.05, 4.69) is 0 Å². The van der Waals surface area contributed by atoms with Crippen LogP contribution in [-0.4, -0.2) is 11.2 Å². The number of nitrogens with two attached hydrogens (primary N) is 1. The van der Waals surface area contributed by atoms with Crippen molar-refractivity contribution in [2.75, 3.05) is 0 Å². The zero-order valence-corrected chi connectivity index (χ0v) is 7.87. The summed E-state index contributed by atoms with van der Waals surface area (Å²) >= 11 is 0. The monoisotopic (exact) mass is 201 g/mol. The molecule has 0 heterocycles. The predicted molar refractivity (Wildman–Crippen MR) is 49.6 cm³/mol. The quantitative estimate of drug-likeness (QED) is 0.782. The molecule has 0 aliphatic heterocycles. The van der Waals surface area contributed by atoms with E-state index in [0.717, 1.165) is 12.1 Å². The summed E-state index contributed by atoms with van der Waals surface area (Å²) in [5, 5.41) is 9.37. The van der Waals surface area contributed by atoms with Gasteiger partial charge in [0.15, 0.2) is 0 Å². The molecule has 0 aromatic heterocycles. The summed E-state index contributed by atoms with van der Waals surface area (Å²) in [7, 11) is 0. The molecule has 14 heavy (non-hydrogen) atoms. The maximum Gasteiger partial charge on any atom is 0.131 e. The topological polar surface area (TPSA) is 46.2 Å². The second kappa shape index (κ2) is 4.48. The zero-order chi connectivity index (χ0) is 10.7. The van der Waals surface area contributed by atoms with Crippen molar-refractivity contribution in [3.63, 3.8) is 0 Å². The van der Waals surface area contributed by atoms with E-state index in [0.29, 0.717) is 6.42 Å². The molecule has 78 valence electrons. The molecule has 0 unspecified atom stereocenters. The van der Waals surface area contributed by atoms with Gasteiger partial charge in [-0.2, -0.15) is 0 Å². The summed E-state index contributed by atoms with van der Waals surface area (Å²) in [5.41, 5.74) is 5.27. The molecule has 4 heteroatoms. The van der Waals surface area contributed by atoms with Crippen LogP contribution in [-0.2, 0) is 0 Å². The predicted octanol–water partition coefficient (Wildman–Crippen LogP) is 1.74. The molecule has 0 amide bonds. The average Bonchev–Trinajstić information content (AvgIpc) is 2.16. The average molecular weight is 201 g/mol. The Bertz CT molecular complexity index is 297. The van der Waals surface area contributed by atoms with Crippen LogP contribution in [0, 0.1) is 11.6 Å². The standard InChI is InChI=1S/C10H13F2NO/c1-2-8(14)10(13)9-6(11)4-3-5-7(9)12/h3-5,8,10,14H,2,13H2,1H3/t8-,10-/m1/s1. The number of hydrogen-bond acceptors (Lipinski definition) is 2. The van der Waals surface area contributed by atoms with Gasteiger partial charge < -0.3 is 10.8 Å². The zero-order valence-electron chi connectivity index (χ0n) is 7.87. The van der Waals surface area contributed by atoms with Crippen molar-refractivity contribution in [3.05, 3.63) is 35.4 Å². The summed E-state index contributed by atoms with van der Waals surface area (Å²) in [5.74, 6) is -1.44. The maximum atomic E-state index is 13.2. The minimum atomic E-state index is -1.01. The first-order valence-corrected chi connectivity index (χ1v) is 4.45. The van der Waals surface area contributed by atoms with Crippen LogP contribution in [0.15, 0.2) is 18.2 Å². The Morgan fingerprint density at radius 3 is 2.29 bits per heavy atom. The molecular weight excluding hydrogens is 188 g/mol. The van der Waals surface area contributed by atoms with Gasteiger partial charge in [0.25, 0.3) is 0 Å². The highest BCUT2D eigenvalue weighted by Gasteiger charge is 2.21. The highest BCUT2D eigenvalue weighted by Crippen LogP contribution is 2.22. The van der Waals surface area contributed by atoms with Gasteiger partial charge in [-0.25, -0.2) is 8.78 Å². The largest absolute Gasteiger partial charge is 0.391 e. The van der Waals surface area contributed by atoms with E-state index in [-0.39, 0.29) is 5.56 Å². The molecule has 2 atom stereocenters. The molecule has 1 aromatic rings. The Hall–Kier alpha value is -1.00. The second-order valence-corrected chi connectivity index (χ2v) is 3.14. The van der Waals surface area contributed by atoms with Crippen LogP contribution < -0.4 is 5.73 Å². The Morgan fingerprint density at radius 2 is 1.86 bits per heavy atom. The van der Waals surface area contributed by atoms with Crippen LogP contribution >= 0.6 is 0 Å². The summed E-state index contributed by atoms with van der Waals surface area (Å²) in [4.78, 5) is 0. The van der Waals surface area contributed by atoms with Crippen LogP contribution in [0.4, 0.5) is 8.78 Å². The molecule has 0 saturated heterocycles. The summed E-state index contributed by atoms with van der Waals surface area (Å²) < 4.78 is 26.3. The summed E-state index contributed by atoms with van der Waals surface area (Å²) in [6.07, 6.45) is -0.573. The number of aliphatic hydroxyl groups excluding tert-OH is 1. The van der Waals surface area contributed by atoms with Crippen molar-refractivity contribution in [3.8, 4) is 0 Å². The van der Waals surface area contributed by atoms with Crippen molar-refractivity contribution in [2.24, 2.45) is 5.73 Å². The van der Waals surface area contributed by atoms with Gasteiger partial charge in [0, 0.05) is 5.56 Å². The van der Waals surface area contributed by atoms with Gasteiger partial charge in [0.1, 0.15) is 11.6 Å². The lowest BCUT2D eigenvalue weighted by molar-refractivity contribution is 0.137. The van der Waals surface area contributed by atoms with E-state index in [1.54, 1.807) is 6.92 Å². The van der Waals surface area contributed by atoms with Crippen molar-refractivity contribution in [1.82, 2.24) is 0 Å². The highest BCUT2D eigenvalue weighted by molar-refractivity contribution is 5.23. The van der Waals surface area contributed by atoms with Gasteiger partial charge in [-0.05, 0) is 18.6 Å². The van der Waals surface area contributed by atoms with Gasteiger partial charge >= 0.3 is 0 Å². The van der Waals surface area contributed by atoms with Gasteiger partial charge in [0.2, 0.25) is 0 Å². The molecule has 0 radical (unpaired) electrons. The van der Waals surface area contributed by atoms with Crippen molar-refractivity contribution in [2.45, 2.75) is 25.5 Å². The minimum absolute atomic E-state index is 0.248. The smallest absolute Gasteiger partial charge is 0.131 e. The summed E-state index contributed by atoms with van der Waals surface area (Å²) in [6.45, 7) is 1.70. The van der Waals surface area contributed by atoms with Crippen LogP contribution in [0.5, 0.6) is 0 Å². The number of benzene rings is 1. The van der Waals surface area contributed by atoms with E-state index in [9.17, 15) is 13.9 Å². The Morgan fingerprint density at radius 1 is 1.36 bits per heavy atom. The highest BCUT2D eigenvalue weighted by atomic mass is 19.1. The minimum Gasteiger partial charge on any atom is -0.391 e. The van der Waals surface area contributed by atoms with Crippen molar-refractivity contribution >= 4 is 0 Å². The van der Waals surface area contributed by atoms with Crippen LogP contribution in [0.2, 0.25) is 0 Å². The molecular formula is C10H13F2NO. The third-order valence-electron chi connectivity index (χ3n) is 2.17. The lowest BCUT2D eigenvalue weighted by Crippen LogP contribution is -2.27. The molecule has 1 rings (SSSR count). The normalized spacial score (nSPS) is 15.2. The fourth-order valence-electron chi connectivity index (χ4n) is 1.28. The lowest BCUT2D eigenvalue weighted by atomic mass is 9.99. The number of halogens is 2. The fourth-order valence-corrected chi connectivity index (χ4v) is 1.28. The van der Waals surface area contributed by atoms with Crippen molar-refractivity contribution < 1.29 is 13.9 Å². The maximum absolute atomic E-state index is 13.2. The van der Waals surface area contributed by atoms with E-state index in [4.69, 9.17) is 5.73 Å². The number of hydrogen-bond donors (Lipinski definition) is 2. The number of aliphatic hydroxyl groups is 1. The van der Waals surface area contributed by atoms with E-state index < -0.39 is 23.8 Å². The van der Waals surface area contributed by atoms with E-state index >= 15 is 0 Å². The molecule has 3 N–H and O–H groups in total. The molecule has 0 fully saturated rings. The van der Waals surface area contributed by atoms with Gasteiger partial charge in [-0.1, -0.05) is 13.0 Å². The molecule has 0 aliphatic carbocycles. The van der Waals surface area contributed by atoms with Gasteiger partial charge in [-0.15, -0.1) is 0 Å². The summed E-state index contributed by atoms with van der Waals surface area (Å²) in [6, 6.07) is 2.50. The first-order chi connectivity index (χ1) is 6.57. The molecule has 0 saturated carbocycles.